The molecule has 1 fully saturated rings. The minimum Gasteiger partial charge on any atom is -0.463 e. The second-order valence-corrected chi connectivity index (χ2v) is 5.49. The molecule has 0 saturated carbocycles. The average molecular weight is 373 g/mol. The van der Waals surface area contributed by atoms with Gasteiger partial charge in [0.15, 0.2) is 24.5 Å². The van der Waals surface area contributed by atoms with E-state index in [1.54, 1.807) is 0 Å². The summed E-state index contributed by atoms with van der Waals surface area (Å²) in [4.78, 5) is 45.6. The highest BCUT2D eigenvalue weighted by atomic mass is 16.7. The standard InChI is InChI=1S/C16H23NO9/c1-6-17-16-15(25-11(5)21)14(24-10(4)20)13(23-9(3)19)12(26-16)7-22-8(2)18/h6,12-17H,1,7H2,2-5H3/t12-,13-,14+,15-,16?/m1/s1. The van der Waals surface area contributed by atoms with Gasteiger partial charge in [0.25, 0.3) is 0 Å². The van der Waals surface area contributed by atoms with Gasteiger partial charge in [0.2, 0.25) is 0 Å². The van der Waals surface area contributed by atoms with E-state index in [2.05, 4.69) is 11.9 Å². The molecule has 26 heavy (non-hydrogen) atoms. The normalized spacial score (nSPS) is 27.6. The molecule has 0 radical (unpaired) electrons. The molecule has 0 aromatic rings. The van der Waals surface area contributed by atoms with Crippen LogP contribution in [-0.2, 0) is 42.9 Å². The second-order valence-electron chi connectivity index (χ2n) is 5.49. The Morgan fingerprint density at radius 1 is 0.885 bits per heavy atom. The Balaban J connectivity index is 3.24. The molecule has 0 aromatic heterocycles. The van der Waals surface area contributed by atoms with Crippen LogP contribution in [0.4, 0.5) is 0 Å². The van der Waals surface area contributed by atoms with Crippen molar-refractivity contribution < 1.29 is 42.9 Å². The molecule has 10 nitrogen and oxygen atoms in total. The van der Waals surface area contributed by atoms with E-state index in [0.29, 0.717) is 0 Å². The van der Waals surface area contributed by atoms with E-state index in [1.807, 2.05) is 0 Å². The Morgan fingerprint density at radius 3 is 1.85 bits per heavy atom. The third kappa shape index (κ3) is 6.36. The molecule has 1 rings (SSSR count). The van der Waals surface area contributed by atoms with Crippen LogP contribution < -0.4 is 5.32 Å². The van der Waals surface area contributed by atoms with Crippen molar-refractivity contribution in [2.75, 3.05) is 6.61 Å². The molecule has 1 heterocycles. The maximum absolute atomic E-state index is 11.5. The zero-order valence-electron chi connectivity index (χ0n) is 15.1. The molecular weight excluding hydrogens is 350 g/mol. The van der Waals surface area contributed by atoms with Gasteiger partial charge in [-0.1, -0.05) is 6.58 Å². The lowest BCUT2D eigenvalue weighted by atomic mass is 9.97. The third-order valence-electron chi connectivity index (χ3n) is 3.27. The Labute approximate surface area is 150 Å². The third-order valence-corrected chi connectivity index (χ3v) is 3.27. The Morgan fingerprint density at radius 2 is 1.38 bits per heavy atom. The number of hydrogen-bond acceptors (Lipinski definition) is 10. The molecule has 1 unspecified atom stereocenters. The molecular formula is C16H23NO9. The minimum atomic E-state index is -1.19. The SMILES string of the molecule is C=CNC1O[C@H](COC(C)=O)[C@@H](OC(C)=O)[C@H](OC(C)=O)[C@H]1OC(C)=O. The van der Waals surface area contributed by atoms with Crippen molar-refractivity contribution in [1.82, 2.24) is 5.32 Å². The van der Waals surface area contributed by atoms with Gasteiger partial charge in [-0.3, -0.25) is 19.2 Å². The molecule has 0 bridgehead atoms. The van der Waals surface area contributed by atoms with Gasteiger partial charge < -0.3 is 29.0 Å². The van der Waals surface area contributed by atoms with Crippen molar-refractivity contribution in [3.8, 4) is 0 Å². The molecule has 1 aliphatic heterocycles. The molecule has 5 atom stereocenters. The Bertz CT molecular complexity index is 562. The summed E-state index contributed by atoms with van der Waals surface area (Å²) >= 11 is 0. The van der Waals surface area contributed by atoms with E-state index in [4.69, 9.17) is 23.7 Å². The zero-order valence-corrected chi connectivity index (χ0v) is 15.1. The smallest absolute Gasteiger partial charge is 0.303 e. The lowest BCUT2D eigenvalue weighted by Crippen LogP contribution is -2.65. The first-order valence-electron chi connectivity index (χ1n) is 7.83. The molecule has 0 aromatic carbocycles. The van der Waals surface area contributed by atoms with Crippen LogP contribution in [0.15, 0.2) is 12.8 Å². The van der Waals surface area contributed by atoms with Crippen LogP contribution in [0.2, 0.25) is 0 Å². The van der Waals surface area contributed by atoms with Gasteiger partial charge in [-0.15, -0.1) is 0 Å². The van der Waals surface area contributed by atoms with E-state index in [9.17, 15) is 19.2 Å². The fourth-order valence-corrected chi connectivity index (χ4v) is 2.48. The number of ether oxygens (including phenoxy) is 5. The average Bonchev–Trinajstić information content (AvgIpc) is 2.50. The maximum atomic E-state index is 11.5. The molecule has 0 aliphatic carbocycles. The van der Waals surface area contributed by atoms with Crippen LogP contribution in [0.25, 0.3) is 0 Å². The van der Waals surface area contributed by atoms with Gasteiger partial charge in [0.1, 0.15) is 12.7 Å². The second kappa shape index (κ2) is 9.76. The number of hydrogen-bond donors (Lipinski definition) is 1. The van der Waals surface area contributed by atoms with Crippen molar-refractivity contribution in [2.45, 2.75) is 58.3 Å². The number of esters is 4. The van der Waals surface area contributed by atoms with Crippen LogP contribution in [0.1, 0.15) is 27.7 Å². The van der Waals surface area contributed by atoms with Crippen molar-refractivity contribution in [1.29, 1.82) is 0 Å². The summed E-state index contributed by atoms with van der Waals surface area (Å²) in [5.74, 6) is -2.60. The molecule has 146 valence electrons. The van der Waals surface area contributed by atoms with Gasteiger partial charge in [-0.25, -0.2) is 0 Å². The molecule has 1 N–H and O–H groups in total. The van der Waals surface area contributed by atoms with E-state index in [-0.39, 0.29) is 6.61 Å². The molecule has 0 amide bonds. The predicted octanol–water partition coefficient (Wildman–Crippen LogP) is -0.197. The fraction of sp³-hybridized carbons (Fsp3) is 0.625. The number of carbonyl (C=O) groups is 4. The minimum absolute atomic E-state index is 0.271. The van der Waals surface area contributed by atoms with E-state index in [0.717, 1.165) is 13.8 Å². The predicted molar refractivity (Wildman–Crippen MR) is 85.3 cm³/mol. The molecule has 1 aliphatic rings. The van der Waals surface area contributed by atoms with Crippen LogP contribution in [0, 0.1) is 0 Å². The van der Waals surface area contributed by atoms with E-state index in [1.165, 1.54) is 20.0 Å². The summed E-state index contributed by atoms with van der Waals surface area (Å²) in [5.41, 5.74) is 0. The molecule has 10 heteroatoms. The maximum Gasteiger partial charge on any atom is 0.303 e. The summed E-state index contributed by atoms with van der Waals surface area (Å²) in [5, 5.41) is 2.73. The first kappa shape index (κ1) is 21.4. The van der Waals surface area contributed by atoms with Gasteiger partial charge in [0, 0.05) is 27.7 Å². The number of nitrogens with one attached hydrogen (secondary N) is 1. The lowest BCUT2D eigenvalue weighted by molar-refractivity contribution is -0.255. The monoisotopic (exact) mass is 373 g/mol. The van der Waals surface area contributed by atoms with Crippen molar-refractivity contribution in [3.63, 3.8) is 0 Å². The largest absolute Gasteiger partial charge is 0.463 e. The molecule has 0 spiro atoms. The van der Waals surface area contributed by atoms with Crippen molar-refractivity contribution in [3.05, 3.63) is 12.8 Å². The van der Waals surface area contributed by atoms with Crippen molar-refractivity contribution >= 4 is 23.9 Å². The van der Waals surface area contributed by atoms with Crippen LogP contribution in [0.3, 0.4) is 0 Å². The van der Waals surface area contributed by atoms with Crippen molar-refractivity contribution in [2.24, 2.45) is 0 Å². The number of rotatable bonds is 7. The first-order valence-corrected chi connectivity index (χ1v) is 7.83. The first-order chi connectivity index (χ1) is 12.1. The summed E-state index contributed by atoms with van der Waals surface area (Å²) in [7, 11) is 0. The number of carbonyl (C=O) groups excluding carboxylic acids is 4. The zero-order chi connectivity index (χ0) is 19.9. The van der Waals surface area contributed by atoms with Crippen LogP contribution >= 0.6 is 0 Å². The van der Waals surface area contributed by atoms with Gasteiger partial charge in [-0.05, 0) is 6.20 Å². The lowest BCUT2D eigenvalue weighted by Gasteiger charge is -2.44. The summed E-state index contributed by atoms with van der Waals surface area (Å²) in [6, 6.07) is 0. The van der Waals surface area contributed by atoms with Crippen LogP contribution in [-0.4, -0.2) is 61.1 Å². The highest BCUT2D eigenvalue weighted by Crippen LogP contribution is 2.28. The summed E-state index contributed by atoms with van der Waals surface area (Å²) < 4.78 is 26.3. The fourth-order valence-electron chi connectivity index (χ4n) is 2.48. The Hall–Kier alpha value is -2.62. The molecule has 1 saturated heterocycles. The highest BCUT2D eigenvalue weighted by molar-refractivity contribution is 5.68. The Kier molecular flexibility index (Phi) is 8.04. The summed E-state index contributed by atoms with van der Waals surface area (Å²) in [6.07, 6.45) is -4.15. The van der Waals surface area contributed by atoms with E-state index >= 15 is 0 Å². The van der Waals surface area contributed by atoms with Gasteiger partial charge in [0.05, 0.1) is 0 Å². The quantitative estimate of drug-likeness (QED) is 0.473. The highest BCUT2D eigenvalue weighted by Gasteiger charge is 2.51. The topological polar surface area (TPSA) is 126 Å². The van der Waals surface area contributed by atoms with Gasteiger partial charge >= 0.3 is 23.9 Å². The van der Waals surface area contributed by atoms with E-state index < -0.39 is 54.5 Å². The van der Waals surface area contributed by atoms with Crippen LogP contribution in [0.5, 0.6) is 0 Å². The summed E-state index contributed by atoms with van der Waals surface area (Å²) in [6.45, 7) is 7.92. The van der Waals surface area contributed by atoms with Gasteiger partial charge in [-0.2, -0.15) is 0 Å².